The van der Waals surface area contributed by atoms with E-state index in [-0.39, 0.29) is 16.5 Å². The summed E-state index contributed by atoms with van der Waals surface area (Å²) in [6.07, 6.45) is 14.2. The molecular formula is C36H50N2Ni. The van der Waals surface area contributed by atoms with Crippen molar-refractivity contribution in [1.29, 1.82) is 0 Å². The Labute approximate surface area is 250 Å². The number of benzene rings is 2. The van der Waals surface area contributed by atoms with Gasteiger partial charge in [0.05, 0.1) is 0 Å². The van der Waals surface area contributed by atoms with Gasteiger partial charge in [-0.3, -0.25) is 0 Å². The first kappa shape index (κ1) is 36.2. The molecule has 1 heterocycles. The van der Waals surface area contributed by atoms with Crippen molar-refractivity contribution < 1.29 is 21.2 Å². The number of allylic oxidation sites excluding steroid dienone is 4. The molecule has 214 valence electrons. The summed E-state index contributed by atoms with van der Waals surface area (Å²) in [4.78, 5) is 0. The van der Waals surface area contributed by atoms with Gasteiger partial charge in [-0.15, -0.1) is 0 Å². The number of aryl methyl sites for hydroxylation is 2. The molecule has 1 aliphatic heterocycles. The molecule has 0 fully saturated rings. The summed E-state index contributed by atoms with van der Waals surface area (Å²) in [5.41, 5.74) is 21.1. The van der Waals surface area contributed by atoms with Crippen LogP contribution in [0.4, 0.5) is 0 Å². The zero-order valence-electron chi connectivity index (χ0n) is 24.9. The summed E-state index contributed by atoms with van der Waals surface area (Å²) < 4.78 is 1.50. The molecule has 2 nitrogen and oxygen atoms in total. The van der Waals surface area contributed by atoms with Crippen LogP contribution in [0.2, 0.25) is 0 Å². The van der Waals surface area contributed by atoms with Crippen LogP contribution in [0.3, 0.4) is 0 Å². The van der Waals surface area contributed by atoms with Crippen molar-refractivity contribution in [3.8, 4) is 0 Å². The number of hydrogen-bond acceptors (Lipinski definition) is 0. The second-order valence-corrected chi connectivity index (χ2v) is 9.61. The smallest absolute Gasteiger partial charge is 0.493 e. The van der Waals surface area contributed by atoms with E-state index in [4.69, 9.17) is 0 Å². The number of nitrogens with zero attached hydrogens (tertiary/aromatic N) is 2. The van der Waals surface area contributed by atoms with Crippen LogP contribution in [0, 0.1) is 13.8 Å². The topological polar surface area (TPSA) is 25.3 Å². The van der Waals surface area contributed by atoms with Crippen molar-refractivity contribution >= 4 is 11.4 Å². The summed E-state index contributed by atoms with van der Waals surface area (Å²) in [5.74, 6) is 0. The average Bonchev–Trinajstić information content (AvgIpc) is 3.21. The van der Waals surface area contributed by atoms with E-state index < -0.39 is 0 Å². The number of unbranched alkanes of at least 4 members (excludes halogenated alkanes) is 3. The SMILES string of the molecule is C=C[CH2-].C=C[CH2-].CCCCC1=C(c2cccc(CCCC)c2)[N+](=[N-])C(c2cccc(CCCC)c2)=C1CC.[Ni+2]. The van der Waals surface area contributed by atoms with Crippen LogP contribution < -0.4 is 0 Å². The first-order valence-electron chi connectivity index (χ1n) is 14.4. The van der Waals surface area contributed by atoms with Gasteiger partial charge < -0.3 is 5.53 Å². The molecule has 3 rings (SSSR count). The zero-order valence-corrected chi connectivity index (χ0v) is 25.9. The maximum atomic E-state index is 11.6. The van der Waals surface area contributed by atoms with Gasteiger partial charge in [-0.25, -0.2) is 43.9 Å². The van der Waals surface area contributed by atoms with Gasteiger partial charge in [-0.05, 0) is 80.3 Å². The van der Waals surface area contributed by atoms with Crippen LogP contribution in [0.1, 0.15) is 101 Å². The van der Waals surface area contributed by atoms with Crippen molar-refractivity contribution in [2.45, 2.75) is 91.9 Å². The minimum absolute atomic E-state index is 0. The van der Waals surface area contributed by atoms with Gasteiger partial charge in [0.15, 0.2) is 0 Å². The standard InChI is InChI=1S/C30H40N2.2C3H5.Ni/c1-5-9-14-23-16-12-18-25(21-23)29-27(8-4)28(20-11-7-3)30(32(29)31)26-19-13-17-24(22-26)15-10-6-2;2*1-3-2;/h12-13,16-19,21-22H,5-11,14-15,20H2,1-4H3;2*3H,1-2H2;/q;2*-1;+2. The van der Waals surface area contributed by atoms with Gasteiger partial charge in [0, 0.05) is 22.3 Å². The first-order valence-corrected chi connectivity index (χ1v) is 14.4. The van der Waals surface area contributed by atoms with Crippen LogP contribution in [-0.4, -0.2) is 4.70 Å². The molecule has 0 radical (unpaired) electrons. The second kappa shape index (κ2) is 21.1. The third kappa shape index (κ3) is 11.1. The van der Waals surface area contributed by atoms with Gasteiger partial charge in [0.25, 0.3) is 0 Å². The molecular weight excluding hydrogens is 519 g/mol. The summed E-state index contributed by atoms with van der Waals surface area (Å²) in [6.45, 7) is 21.9. The fourth-order valence-electron chi connectivity index (χ4n) is 4.76. The summed E-state index contributed by atoms with van der Waals surface area (Å²) in [7, 11) is 0. The maximum Gasteiger partial charge on any atom is 2.00 e. The van der Waals surface area contributed by atoms with Crippen LogP contribution in [0.5, 0.6) is 0 Å². The molecule has 0 N–H and O–H groups in total. The normalized spacial score (nSPS) is 12.2. The van der Waals surface area contributed by atoms with Crippen molar-refractivity contribution in [1.82, 2.24) is 0 Å². The Kier molecular flexibility index (Phi) is 19.6. The summed E-state index contributed by atoms with van der Waals surface area (Å²) in [5, 5.41) is 0. The maximum absolute atomic E-state index is 11.6. The molecule has 2 aromatic rings. The van der Waals surface area contributed by atoms with Crippen molar-refractivity contribution in [2.75, 3.05) is 0 Å². The summed E-state index contributed by atoms with van der Waals surface area (Å²) in [6, 6.07) is 17.6. The minimum Gasteiger partial charge on any atom is -0.493 e. The fraction of sp³-hybridized carbons (Fsp3) is 0.389. The third-order valence-electron chi connectivity index (χ3n) is 6.53. The third-order valence-corrected chi connectivity index (χ3v) is 6.53. The largest absolute Gasteiger partial charge is 2.00 e. The van der Waals surface area contributed by atoms with Crippen molar-refractivity contribution in [3.05, 3.63) is 127 Å². The van der Waals surface area contributed by atoms with Crippen molar-refractivity contribution in [3.63, 3.8) is 0 Å². The Bertz CT molecular complexity index is 1080. The van der Waals surface area contributed by atoms with Crippen LogP contribution in [-0.2, 0) is 29.3 Å². The Hall–Kier alpha value is -2.77. The molecule has 0 atom stereocenters. The first-order chi connectivity index (χ1) is 18.5. The van der Waals surface area contributed by atoms with Gasteiger partial charge in [0.2, 0.25) is 11.4 Å². The van der Waals surface area contributed by atoms with E-state index >= 15 is 0 Å². The zero-order chi connectivity index (χ0) is 28.3. The molecule has 0 saturated carbocycles. The predicted molar refractivity (Wildman–Crippen MR) is 168 cm³/mol. The second-order valence-electron chi connectivity index (χ2n) is 9.61. The van der Waals surface area contributed by atoms with Gasteiger partial charge in [-0.2, -0.15) is 0 Å². The van der Waals surface area contributed by atoms with E-state index in [9.17, 15) is 5.53 Å². The molecule has 0 bridgehead atoms. The molecule has 3 heteroatoms. The van der Waals surface area contributed by atoms with E-state index in [0.717, 1.165) is 61.0 Å². The molecule has 0 aliphatic carbocycles. The molecule has 0 unspecified atom stereocenters. The molecule has 39 heavy (non-hydrogen) atoms. The number of hydrogen-bond donors (Lipinski definition) is 0. The van der Waals surface area contributed by atoms with Crippen molar-refractivity contribution in [2.24, 2.45) is 0 Å². The Morgan fingerprint density at radius 2 is 1.08 bits per heavy atom. The van der Waals surface area contributed by atoms with Gasteiger partial charge in [-0.1, -0.05) is 71.2 Å². The van der Waals surface area contributed by atoms with E-state index in [0.29, 0.717) is 0 Å². The Balaban J connectivity index is 0.00000189. The monoisotopic (exact) mass is 568 g/mol. The minimum atomic E-state index is 0. The molecule has 0 amide bonds. The Morgan fingerprint density at radius 1 is 0.692 bits per heavy atom. The summed E-state index contributed by atoms with van der Waals surface area (Å²) >= 11 is 0. The van der Waals surface area contributed by atoms with E-state index in [1.54, 1.807) is 0 Å². The fourth-order valence-corrected chi connectivity index (χ4v) is 4.76. The molecule has 0 spiro atoms. The van der Waals surface area contributed by atoms with E-state index in [1.165, 1.54) is 64.8 Å². The quantitative estimate of drug-likeness (QED) is 0.138. The molecule has 1 aliphatic rings. The number of rotatable bonds is 12. The average molecular weight is 570 g/mol. The van der Waals surface area contributed by atoms with E-state index in [1.807, 2.05) is 0 Å². The van der Waals surface area contributed by atoms with Gasteiger partial charge >= 0.3 is 16.5 Å². The van der Waals surface area contributed by atoms with Crippen LogP contribution >= 0.6 is 0 Å². The van der Waals surface area contributed by atoms with Crippen LogP contribution in [0.15, 0.2) is 85.0 Å². The van der Waals surface area contributed by atoms with Gasteiger partial charge in [0.1, 0.15) is 0 Å². The molecule has 2 aromatic carbocycles. The predicted octanol–water partition coefficient (Wildman–Crippen LogP) is 11.2. The van der Waals surface area contributed by atoms with Crippen LogP contribution in [0.25, 0.3) is 16.9 Å². The molecule has 0 aromatic heterocycles. The Morgan fingerprint density at radius 3 is 1.46 bits per heavy atom. The molecule has 0 saturated heterocycles. The van der Waals surface area contributed by atoms with E-state index in [2.05, 4.69) is 103 Å².